The number of aromatic amines is 1. The highest BCUT2D eigenvalue weighted by Crippen LogP contribution is 2.41. The Balaban J connectivity index is 0.00000239. The van der Waals surface area contributed by atoms with Crippen LogP contribution in [-0.4, -0.2) is 18.8 Å². The highest BCUT2D eigenvalue weighted by molar-refractivity contribution is 6.14. The maximum Gasteiger partial charge on any atom is 0.350 e. The van der Waals surface area contributed by atoms with Gasteiger partial charge in [-0.15, -0.1) is 0 Å². The van der Waals surface area contributed by atoms with Crippen LogP contribution in [0, 0.1) is 82.3 Å². The van der Waals surface area contributed by atoms with Crippen molar-refractivity contribution in [1.29, 1.82) is 0 Å². The molecule has 0 saturated heterocycles. The van der Waals surface area contributed by atoms with Crippen LogP contribution < -0.4 is 0 Å². The summed E-state index contributed by atoms with van der Waals surface area (Å²) in [6.07, 6.45) is 3.15. The summed E-state index contributed by atoms with van der Waals surface area (Å²) in [6.45, 7) is 11.6. The van der Waals surface area contributed by atoms with Gasteiger partial charge in [-0.2, -0.15) is 0 Å². The number of H-pyrrole nitrogens is 1. The van der Waals surface area contributed by atoms with E-state index in [1.165, 1.54) is 12.1 Å². The number of benzene rings is 4. The zero-order chi connectivity index (χ0) is 36.8. The van der Waals surface area contributed by atoms with Gasteiger partial charge in [0.2, 0.25) is 0 Å². The number of rotatable bonds is 5. The fourth-order valence-corrected chi connectivity index (χ4v) is 6.72. The first-order chi connectivity index (χ1) is 23.7. The van der Waals surface area contributed by atoms with E-state index >= 15 is 17.6 Å². The molecule has 1 aliphatic rings. The summed E-state index contributed by atoms with van der Waals surface area (Å²) in [5, 5.41) is 0. The minimum atomic E-state index is -1.92. The van der Waals surface area contributed by atoms with E-state index in [1.807, 2.05) is 65.8 Å². The lowest BCUT2D eigenvalue weighted by molar-refractivity contribution is 0.444. The van der Waals surface area contributed by atoms with Crippen molar-refractivity contribution in [2.45, 2.75) is 41.5 Å². The van der Waals surface area contributed by atoms with Crippen molar-refractivity contribution in [1.82, 2.24) is 4.98 Å². The topological polar surface area (TPSA) is 28.1 Å². The maximum absolute atomic E-state index is 16.2. The highest BCUT2D eigenvalue weighted by Gasteiger charge is 2.32. The molecule has 1 N–H and O–H groups in total. The van der Waals surface area contributed by atoms with Crippen LogP contribution in [0.3, 0.4) is 0 Å². The third-order valence-corrected chi connectivity index (χ3v) is 8.52. The van der Waals surface area contributed by atoms with Gasteiger partial charge < -0.3 is 9.30 Å². The van der Waals surface area contributed by atoms with E-state index in [2.05, 4.69) is 13.1 Å². The molecule has 11 heteroatoms. The Morgan fingerprint density at radius 2 is 1.04 bits per heavy atom. The largest absolute Gasteiger partial charge is 0.354 e. The predicted octanol–water partition coefficient (Wildman–Crippen LogP) is 11.0. The molecule has 5 aromatic rings. The average Bonchev–Trinajstić information content (AvgIpc) is 3.72. The molecule has 2 radical (unpaired) electrons. The van der Waals surface area contributed by atoms with E-state index in [1.54, 1.807) is 12.1 Å². The van der Waals surface area contributed by atoms with Gasteiger partial charge in [0.1, 0.15) is 0 Å². The number of nitrogens with one attached hydrogen (secondary N) is 1. The summed E-state index contributed by atoms with van der Waals surface area (Å²) in [4.78, 5) is 7.86. The van der Waals surface area contributed by atoms with Gasteiger partial charge in [-0.25, -0.2) is 35.7 Å². The van der Waals surface area contributed by atoms with Crippen molar-refractivity contribution in [3.05, 3.63) is 157 Å². The molecule has 0 unspecified atom stereocenters. The Morgan fingerprint density at radius 1 is 0.560 bits per heavy atom. The van der Waals surface area contributed by atoms with Crippen LogP contribution in [0.4, 0.5) is 35.0 Å². The molecule has 1 aromatic heterocycles. The summed E-state index contributed by atoms with van der Waals surface area (Å²) in [6, 6.07) is 11.7. The molecule has 1 aliphatic heterocycles. The molecule has 0 bridgehead atoms. The number of aromatic nitrogens is 1. The summed E-state index contributed by atoms with van der Waals surface area (Å²) in [5.41, 5.74) is 4.89. The number of nitrogens with zero attached hydrogens (tertiary/aromatic N) is 1. The molecule has 254 valence electrons. The molecule has 0 atom stereocenters. The second-order valence-electron chi connectivity index (χ2n) is 12.2. The Hall–Kier alpha value is -5.19. The van der Waals surface area contributed by atoms with Crippen molar-refractivity contribution in [3.8, 4) is 22.4 Å². The maximum atomic E-state index is 16.2. The SMILES string of the molecule is Cc1cc(C)c(C2=N/C(=C(\c3ccc(-c4c(C)cc(C)cc4C)[nH]3)c3c(F)c(F)c(-c4cc(F)c(F)c(F)c4)c(F)c3F)C=C2)c(C)c1.[B]F. The highest BCUT2D eigenvalue weighted by atomic mass is 19.2. The van der Waals surface area contributed by atoms with E-state index in [-0.39, 0.29) is 29.1 Å². The zero-order valence-electron chi connectivity index (χ0n) is 27.8. The Morgan fingerprint density at radius 3 is 1.54 bits per heavy atom. The molecule has 2 nitrogen and oxygen atoms in total. The average molecular weight is 688 g/mol. The van der Waals surface area contributed by atoms with Gasteiger partial charge in [0.05, 0.1) is 22.5 Å². The van der Waals surface area contributed by atoms with Gasteiger partial charge in [0, 0.05) is 28.1 Å². The van der Waals surface area contributed by atoms with Crippen LogP contribution in [-0.2, 0) is 0 Å². The van der Waals surface area contributed by atoms with Crippen LogP contribution in [0.1, 0.15) is 50.2 Å². The third kappa shape index (κ3) is 6.32. The Labute approximate surface area is 285 Å². The number of aryl methyl sites for hydroxylation is 6. The van der Waals surface area contributed by atoms with Gasteiger partial charge in [-0.3, -0.25) is 0 Å². The molecule has 0 saturated carbocycles. The molecule has 4 aromatic carbocycles. The second kappa shape index (κ2) is 14.0. The lowest BCUT2D eigenvalue weighted by atomic mass is 9.94. The first-order valence-electron chi connectivity index (χ1n) is 15.3. The van der Waals surface area contributed by atoms with Crippen molar-refractivity contribution >= 4 is 19.4 Å². The van der Waals surface area contributed by atoms with E-state index in [0.29, 0.717) is 11.4 Å². The molecule has 0 amide bonds. The smallest absolute Gasteiger partial charge is 0.350 e. The van der Waals surface area contributed by atoms with Gasteiger partial charge in [-0.05, 0) is 106 Å². The standard InChI is InChI=1S/C39H29F7N2.BF/c1-17-11-19(3)30(20(4)12-17)26-7-9-28(47-26)33(29-10-8-27(48-29)31-21(5)13-18(2)14-22(31)6)34-38(45)36(43)32(37(44)39(34)46)23-15-24(40)35(42)25(41)16-23;1-2/h7-16,47H,1-6H3;/b33-29+;. The zero-order valence-corrected chi connectivity index (χ0v) is 27.8. The van der Waals surface area contributed by atoms with E-state index in [9.17, 15) is 13.2 Å². The lowest BCUT2D eigenvalue weighted by Crippen LogP contribution is -2.09. The van der Waals surface area contributed by atoms with Crippen LogP contribution in [0.5, 0.6) is 0 Å². The minimum Gasteiger partial charge on any atom is -0.354 e. The van der Waals surface area contributed by atoms with Gasteiger partial charge in [0.25, 0.3) is 0 Å². The molecule has 0 spiro atoms. The Bertz CT molecular complexity index is 2180. The first kappa shape index (κ1) is 36.1. The summed E-state index contributed by atoms with van der Waals surface area (Å²) in [5.74, 6) is -12.9. The molecular weight excluding hydrogens is 659 g/mol. The normalized spacial score (nSPS) is 13.4. The van der Waals surface area contributed by atoms with Crippen LogP contribution in [0.25, 0.3) is 28.0 Å². The van der Waals surface area contributed by atoms with Crippen LogP contribution in [0.15, 0.2) is 71.4 Å². The summed E-state index contributed by atoms with van der Waals surface area (Å²) < 4.78 is 115. The summed E-state index contributed by atoms with van der Waals surface area (Å²) in [7, 11) is 3.00. The predicted molar refractivity (Wildman–Crippen MR) is 181 cm³/mol. The molecule has 0 fully saturated rings. The number of aliphatic imine (C=N–C) groups is 1. The van der Waals surface area contributed by atoms with Crippen molar-refractivity contribution in [2.75, 3.05) is 0 Å². The molecule has 50 heavy (non-hydrogen) atoms. The number of hydrogen-bond acceptors (Lipinski definition) is 1. The van der Waals surface area contributed by atoms with E-state index in [0.717, 1.165) is 44.5 Å². The van der Waals surface area contributed by atoms with Crippen molar-refractivity contribution in [3.63, 3.8) is 0 Å². The van der Waals surface area contributed by atoms with Crippen molar-refractivity contribution < 1.29 is 35.0 Å². The molecule has 6 rings (SSSR count). The summed E-state index contributed by atoms with van der Waals surface area (Å²) >= 11 is 0. The number of hydrogen-bond donors (Lipinski definition) is 1. The van der Waals surface area contributed by atoms with E-state index in [4.69, 9.17) is 9.31 Å². The molecular formula is C39H29BF8N2. The third-order valence-electron chi connectivity index (χ3n) is 8.52. The Kier molecular flexibility index (Phi) is 10.1. The van der Waals surface area contributed by atoms with E-state index < -0.39 is 57.4 Å². The first-order valence-corrected chi connectivity index (χ1v) is 15.3. The molecule has 0 aliphatic carbocycles. The monoisotopic (exact) mass is 688 g/mol. The minimum absolute atomic E-state index is 0.0124. The van der Waals surface area contributed by atoms with Gasteiger partial charge >= 0.3 is 8.12 Å². The van der Waals surface area contributed by atoms with Crippen molar-refractivity contribution in [2.24, 2.45) is 4.99 Å². The fraction of sp³-hybridized carbons (Fsp3) is 0.154. The number of allylic oxidation sites excluding steroid dienone is 2. The fourth-order valence-electron chi connectivity index (χ4n) is 6.72. The van der Waals surface area contributed by atoms with Gasteiger partial charge in [0.15, 0.2) is 40.7 Å². The van der Waals surface area contributed by atoms with Crippen LogP contribution in [0.2, 0.25) is 0 Å². The lowest BCUT2D eigenvalue weighted by Gasteiger charge is -2.16. The molecule has 2 heterocycles. The quantitative estimate of drug-likeness (QED) is 0.0824. The second-order valence-corrected chi connectivity index (χ2v) is 12.2. The van der Waals surface area contributed by atoms with Crippen LogP contribution >= 0.6 is 0 Å². The number of halogens is 8. The van der Waals surface area contributed by atoms with Gasteiger partial charge in [-0.1, -0.05) is 35.4 Å².